The van der Waals surface area contributed by atoms with Gasteiger partial charge in [0.15, 0.2) is 0 Å². The summed E-state index contributed by atoms with van der Waals surface area (Å²) in [6, 6.07) is 0. The van der Waals surface area contributed by atoms with Crippen molar-refractivity contribution in [3.05, 3.63) is 0 Å². The lowest BCUT2D eigenvalue weighted by Gasteiger charge is -1.86. The Morgan fingerprint density at radius 3 is 1.70 bits per heavy atom. The molecular weight excluding hydrogens is 124 g/mol. The standard InChI is InChI=1S/C4H11N.C4H9N/c2*1-3-5-4-2/h5H,3-4H2,1-2H3;3H,4H2,1-2H3/b;5-3+. The van der Waals surface area contributed by atoms with E-state index < -0.39 is 0 Å². The third-order valence-corrected chi connectivity index (χ3v) is 0.865. The Bertz CT molecular complexity index is 58.3. The molecule has 10 heavy (non-hydrogen) atoms. The van der Waals surface area contributed by atoms with Gasteiger partial charge in [0.25, 0.3) is 0 Å². The first-order chi connectivity index (χ1) is 4.83. The van der Waals surface area contributed by atoms with Crippen LogP contribution < -0.4 is 5.32 Å². The highest BCUT2D eigenvalue weighted by Crippen LogP contribution is 1.57. The molecule has 62 valence electrons. The van der Waals surface area contributed by atoms with E-state index in [0.717, 1.165) is 19.6 Å². The van der Waals surface area contributed by atoms with Crippen LogP contribution in [0.2, 0.25) is 0 Å². The van der Waals surface area contributed by atoms with Gasteiger partial charge in [0.2, 0.25) is 0 Å². The fraction of sp³-hybridized carbons (Fsp3) is 0.875. The molecule has 0 aliphatic heterocycles. The van der Waals surface area contributed by atoms with Crippen LogP contribution in [0.4, 0.5) is 0 Å². The average molecular weight is 144 g/mol. The van der Waals surface area contributed by atoms with Crippen molar-refractivity contribution in [3.63, 3.8) is 0 Å². The molecule has 0 aliphatic rings. The van der Waals surface area contributed by atoms with Gasteiger partial charge in [-0.3, -0.25) is 4.99 Å². The first kappa shape index (κ1) is 12.3. The SMILES string of the molecule is C/C=N/CC.CCNCC. The van der Waals surface area contributed by atoms with Crippen molar-refractivity contribution < 1.29 is 0 Å². The molecule has 0 aromatic carbocycles. The number of nitrogens with one attached hydrogen (secondary N) is 1. The van der Waals surface area contributed by atoms with Gasteiger partial charge in [-0.15, -0.1) is 0 Å². The van der Waals surface area contributed by atoms with Crippen LogP contribution in [0, 0.1) is 0 Å². The maximum Gasteiger partial charge on any atom is 0.0356 e. The smallest absolute Gasteiger partial charge is 0.0356 e. The highest BCUT2D eigenvalue weighted by atomic mass is 14.8. The Kier molecular flexibility index (Phi) is 19.5. The van der Waals surface area contributed by atoms with E-state index in [1.54, 1.807) is 6.21 Å². The Morgan fingerprint density at radius 2 is 1.70 bits per heavy atom. The van der Waals surface area contributed by atoms with Gasteiger partial charge in [-0.05, 0) is 33.2 Å². The second-order valence-electron chi connectivity index (χ2n) is 1.71. The van der Waals surface area contributed by atoms with Gasteiger partial charge in [-0.1, -0.05) is 13.8 Å². The molecule has 0 saturated heterocycles. The summed E-state index contributed by atoms with van der Waals surface area (Å²) < 4.78 is 0. The molecule has 0 heterocycles. The molecule has 2 heteroatoms. The Hall–Kier alpha value is -0.370. The molecule has 0 unspecified atom stereocenters. The predicted octanol–water partition coefficient (Wildman–Crippen LogP) is 1.71. The van der Waals surface area contributed by atoms with E-state index in [0.29, 0.717) is 0 Å². The Balaban J connectivity index is 0. The summed E-state index contributed by atoms with van der Waals surface area (Å²) in [5, 5.41) is 3.11. The molecule has 0 spiro atoms. The fourth-order valence-corrected chi connectivity index (χ4v) is 0.433. The molecule has 0 aromatic rings. The van der Waals surface area contributed by atoms with Gasteiger partial charge < -0.3 is 5.32 Å². The minimum atomic E-state index is 0.913. The van der Waals surface area contributed by atoms with Crippen molar-refractivity contribution in [2.45, 2.75) is 27.7 Å². The maximum atomic E-state index is 3.85. The Morgan fingerprint density at radius 1 is 1.20 bits per heavy atom. The van der Waals surface area contributed by atoms with Gasteiger partial charge >= 0.3 is 0 Å². The highest BCUT2D eigenvalue weighted by molar-refractivity contribution is 5.52. The van der Waals surface area contributed by atoms with Crippen LogP contribution in [-0.4, -0.2) is 25.8 Å². The van der Waals surface area contributed by atoms with E-state index >= 15 is 0 Å². The van der Waals surface area contributed by atoms with E-state index in [4.69, 9.17) is 0 Å². The van der Waals surface area contributed by atoms with Gasteiger partial charge in [-0.2, -0.15) is 0 Å². The average Bonchev–Trinajstić information content (AvgIpc) is 1.93. The first-order valence-corrected chi connectivity index (χ1v) is 3.98. The number of aliphatic imine (C=N–C) groups is 1. The van der Waals surface area contributed by atoms with Crippen LogP contribution in [0.15, 0.2) is 4.99 Å². The zero-order valence-corrected chi connectivity index (χ0v) is 7.65. The van der Waals surface area contributed by atoms with Crippen molar-refractivity contribution in [2.75, 3.05) is 19.6 Å². The number of hydrogen-bond donors (Lipinski definition) is 1. The summed E-state index contributed by atoms with van der Waals surface area (Å²) in [5.41, 5.74) is 0. The molecule has 0 atom stereocenters. The molecule has 0 fully saturated rings. The van der Waals surface area contributed by atoms with Crippen LogP contribution >= 0.6 is 0 Å². The van der Waals surface area contributed by atoms with E-state index in [-0.39, 0.29) is 0 Å². The molecule has 0 aliphatic carbocycles. The molecule has 0 bridgehead atoms. The van der Waals surface area contributed by atoms with E-state index in [1.165, 1.54) is 0 Å². The number of hydrogen-bond acceptors (Lipinski definition) is 2. The Labute approximate surface area is 64.7 Å². The van der Waals surface area contributed by atoms with Crippen LogP contribution in [0.25, 0.3) is 0 Å². The quantitative estimate of drug-likeness (QED) is 0.599. The fourth-order valence-electron chi connectivity index (χ4n) is 0.433. The summed E-state index contributed by atoms with van der Waals surface area (Å²) in [6.07, 6.45) is 1.81. The molecule has 0 aromatic heterocycles. The summed E-state index contributed by atoms with van der Waals surface area (Å²) in [4.78, 5) is 3.85. The van der Waals surface area contributed by atoms with Gasteiger partial charge in [0, 0.05) is 6.54 Å². The zero-order valence-electron chi connectivity index (χ0n) is 7.65. The lowest BCUT2D eigenvalue weighted by molar-refractivity contribution is 0.762. The van der Waals surface area contributed by atoms with Crippen molar-refractivity contribution in [1.29, 1.82) is 0 Å². The zero-order chi connectivity index (χ0) is 8.24. The summed E-state index contributed by atoms with van der Waals surface area (Å²) in [6.45, 7) is 11.2. The minimum Gasteiger partial charge on any atom is -0.317 e. The third-order valence-electron chi connectivity index (χ3n) is 0.865. The number of rotatable bonds is 3. The highest BCUT2D eigenvalue weighted by Gasteiger charge is 1.62. The maximum absolute atomic E-state index is 3.85. The van der Waals surface area contributed by atoms with Gasteiger partial charge in [-0.25, -0.2) is 0 Å². The van der Waals surface area contributed by atoms with Gasteiger partial charge in [0.05, 0.1) is 0 Å². The lowest BCUT2D eigenvalue weighted by Crippen LogP contribution is -2.09. The lowest BCUT2D eigenvalue weighted by atomic mass is 10.7. The second kappa shape index (κ2) is 15.9. The van der Waals surface area contributed by atoms with E-state index in [9.17, 15) is 0 Å². The van der Waals surface area contributed by atoms with E-state index in [2.05, 4.69) is 24.2 Å². The van der Waals surface area contributed by atoms with Crippen molar-refractivity contribution >= 4 is 6.21 Å². The third kappa shape index (κ3) is 25.5. The largest absolute Gasteiger partial charge is 0.317 e. The molecule has 0 radical (unpaired) electrons. The minimum absolute atomic E-state index is 0.913. The first-order valence-electron chi connectivity index (χ1n) is 3.98. The predicted molar refractivity (Wildman–Crippen MR) is 48.9 cm³/mol. The topological polar surface area (TPSA) is 24.4 Å². The van der Waals surface area contributed by atoms with Crippen molar-refractivity contribution in [2.24, 2.45) is 4.99 Å². The van der Waals surface area contributed by atoms with Crippen LogP contribution in [0.3, 0.4) is 0 Å². The van der Waals surface area contributed by atoms with Crippen LogP contribution in [-0.2, 0) is 0 Å². The number of nitrogens with zero attached hydrogens (tertiary/aromatic N) is 1. The summed E-state index contributed by atoms with van der Waals surface area (Å²) >= 11 is 0. The van der Waals surface area contributed by atoms with Crippen molar-refractivity contribution in [1.82, 2.24) is 5.32 Å². The molecular formula is C8H20N2. The molecule has 0 saturated carbocycles. The van der Waals surface area contributed by atoms with Crippen LogP contribution in [0.1, 0.15) is 27.7 Å². The van der Waals surface area contributed by atoms with Gasteiger partial charge in [0.1, 0.15) is 0 Å². The molecule has 0 rings (SSSR count). The summed E-state index contributed by atoms with van der Waals surface area (Å²) in [5.74, 6) is 0. The van der Waals surface area contributed by atoms with E-state index in [1.807, 2.05) is 13.8 Å². The molecule has 2 nitrogen and oxygen atoms in total. The van der Waals surface area contributed by atoms with Crippen LogP contribution in [0.5, 0.6) is 0 Å². The normalized spacial score (nSPS) is 9.20. The monoisotopic (exact) mass is 144 g/mol. The van der Waals surface area contributed by atoms with Crippen molar-refractivity contribution in [3.8, 4) is 0 Å². The summed E-state index contributed by atoms with van der Waals surface area (Å²) in [7, 11) is 0. The second-order valence-corrected chi connectivity index (χ2v) is 1.71. The molecule has 1 N–H and O–H groups in total. The molecule has 0 amide bonds.